The van der Waals surface area contributed by atoms with E-state index < -0.39 is 0 Å². The Bertz CT molecular complexity index is 385. The molecular formula is C12H20N2S2. The number of thioether (sulfide) groups is 1. The molecule has 1 aromatic rings. The third kappa shape index (κ3) is 4.26. The Labute approximate surface area is 107 Å². The van der Waals surface area contributed by atoms with Gasteiger partial charge in [-0.15, -0.1) is 0 Å². The molecule has 0 bridgehead atoms. The van der Waals surface area contributed by atoms with E-state index in [1.54, 1.807) is 0 Å². The number of hydrogen-bond donors (Lipinski definition) is 1. The van der Waals surface area contributed by atoms with Gasteiger partial charge in [0.05, 0.1) is 5.75 Å². The fourth-order valence-electron chi connectivity index (χ4n) is 1.25. The third-order valence-electron chi connectivity index (χ3n) is 2.51. The van der Waals surface area contributed by atoms with E-state index in [0.29, 0.717) is 15.8 Å². The van der Waals surface area contributed by atoms with E-state index in [1.807, 2.05) is 17.8 Å². The molecule has 1 aromatic heterocycles. The van der Waals surface area contributed by atoms with Crippen molar-refractivity contribution >= 4 is 24.0 Å². The molecule has 0 saturated heterocycles. The van der Waals surface area contributed by atoms with Crippen LogP contribution in [0.3, 0.4) is 0 Å². The summed E-state index contributed by atoms with van der Waals surface area (Å²) in [6.07, 6.45) is 1.19. The molecular weight excluding hydrogens is 236 g/mol. The zero-order valence-electron chi connectivity index (χ0n) is 10.4. The zero-order chi connectivity index (χ0) is 12.1. The van der Waals surface area contributed by atoms with E-state index in [2.05, 4.69) is 37.7 Å². The molecule has 0 aromatic carbocycles. The Balaban J connectivity index is 2.77. The van der Waals surface area contributed by atoms with Crippen LogP contribution in [0, 0.1) is 4.64 Å². The van der Waals surface area contributed by atoms with Gasteiger partial charge in [-0.05, 0) is 18.4 Å². The minimum atomic E-state index is 0.469. The van der Waals surface area contributed by atoms with Gasteiger partial charge in [0, 0.05) is 10.9 Å². The average Bonchev–Trinajstić information content (AvgIpc) is 2.25. The molecule has 0 aliphatic carbocycles. The monoisotopic (exact) mass is 256 g/mol. The van der Waals surface area contributed by atoms with Crippen LogP contribution in [-0.2, 0) is 5.75 Å². The normalized spacial score (nSPS) is 13.1. The number of nitrogens with zero attached hydrogens (tertiary/aromatic N) is 1. The smallest absolute Gasteiger partial charge is 0.130 e. The van der Waals surface area contributed by atoms with Crippen molar-refractivity contribution in [1.29, 1.82) is 0 Å². The van der Waals surface area contributed by atoms with Crippen molar-refractivity contribution in [3.8, 4) is 0 Å². The molecule has 1 heterocycles. The quantitative estimate of drug-likeness (QED) is 0.797. The molecule has 0 fully saturated rings. The highest BCUT2D eigenvalue weighted by Gasteiger charge is 2.05. The first-order chi connectivity index (χ1) is 7.52. The second-order valence-corrected chi connectivity index (χ2v) is 6.15. The molecule has 16 heavy (non-hydrogen) atoms. The number of nitrogens with one attached hydrogen (secondary N) is 1. The van der Waals surface area contributed by atoms with E-state index in [9.17, 15) is 0 Å². The van der Waals surface area contributed by atoms with Gasteiger partial charge < -0.3 is 4.98 Å². The van der Waals surface area contributed by atoms with Crippen LogP contribution >= 0.6 is 24.0 Å². The maximum absolute atomic E-state index is 5.17. The summed E-state index contributed by atoms with van der Waals surface area (Å²) < 4.78 is 0.696. The minimum Gasteiger partial charge on any atom is -0.346 e. The summed E-state index contributed by atoms with van der Waals surface area (Å²) in [5.74, 6) is 2.39. The Morgan fingerprint density at radius 1 is 1.44 bits per heavy atom. The number of H-pyrrole nitrogens is 1. The van der Waals surface area contributed by atoms with Crippen LogP contribution in [0.25, 0.3) is 0 Å². The maximum atomic E-state index is 5.17. The molecule has 1 unspecified atom stereocenters. The van der Waals surface area contributed by atoms with Gasteiger partial charge in [0.25, 0.3) is 0 Å². The molecule has 0 amide bonds. The summed E-state index contributed by atoms with van der Waals surface area (Å²) >= 11 is 7.09. The highest BCUT2D eigenvalue weighted by molar-refractivity contribution is 7.99. The standard InChI is InChI=1S/C12H20N2S2/c1-5-9(4)16-7-11-13-10(8(2)3)6-12(15)14-11/h6,8-9H,5,7H2,1-4H3,(H,13,14,15). The van der Waals surface area contributed by atoms with Crippen LogP contribution in [-0.4, -0.2) is 15.2 Å². The predicted octanol–water partition coefficient (Wildman–Crippen LogP) is 4.29. The summed E-state index contributed by atoms with van der Waals surface area (Å²) in [5, 5.41) is 0.673. The lowest BCUT2D eigenvalue weighted by molar-refractivity contribution is 0.796. The lowest BCUT2D eigenvalue weighted by Crippen LogP contribution is -2.02. The van der Waals surface area contributed by atoms with Crippen molar-refractivity contribution in [2.45, 2.75) is 51.0 Å². The molecule has 0 aliphatic heterocycles. The second kappa shape index (κ2) is 6.40. The highest BCUT2D eigenvalue weighted by atomic mass is 32.2. The molecule has 1 rings (SSSR count). The van der Waals surface area contributed by atoms with Crippen molar-refractivity contribution < 1.29 is 0 Å². The van der Waals surface area contributed by atoms with Crippen LogP contribution < -0.4 is 0 Å². The summed E-state index contributed by atoms with van der Waals surface area (Å²) in [7, 11) is 0. The van der Waals surface area contributed by atoms with Crippen molar-refractivity contribution in [2.75, 3.05) is 0 Å². The van der Waals surface area contributed by atoms with Gasteiger partial charge in [-0.1, -0.05) is 39.9 Å². The maximum Gasteiger partial charge on any atom is 0.130 e. The van der Waals surface area contributed by atoms with Crippen molar-refractivity contribution in [1.82, 2.24) is 9.97 Å². The van der Waals surface area contributed by atoms with Gasteiger partial charge in [-0.2, -0.15) is 11.8 Å². The summed E-state index contributed by atoms with van der Waals surface area (Å²) in [4.78, 5) is 7.73. The van der Waals surface area contributed by atoms with Crippen LogP contribution in [0.4, 0.5) is 0 Å². The number of aromatic amines is 1. The Morgan fingerprint density at radius 2 is 2.12 bits per heavy atom. The molecule has 0 aliphatic rings. The predicted molar refractivity (Wildman–Crippen MR) is 74.6 cm³/mol. The molecule has 90 valence electrons. The van der Waals surface area contributed by atoms with Crippen LogP contribution in [0.15, 0.2) is 6.07 Å². The zero-order valence-corrected chi connectivity index (χ0v) is 12.0. The van der Waals surface area contributed by atoms with Gasteiger partial charge in [0.15, 0.2) is 0 Å². The summed E-state index contributed by atoms with van der Waals surface area (Å²) in [5.41, 5.74) is 1.18. The Kier molecular flexibility index (Phi) is 5.49. The number of hydrogen-bond acceptors (Lipinski definition) is 3. The third-order valence-corrected chi connectivity index (χ3v) is 4.07. The molecule has 0 radical (unpaired) electrons. The Hall–Kier alpha value is -0.350. The van der Waals surface area contributed by atoms with Crippen molar-refractivity contribution in [2.24, 2.45) is 0 Å². The fourth-order valence-corrected chi connectivity index (χ4v) is 2.30. The minimum absolute atomic E-state index is 0.469. The SMILES string of the molecule is CCC(C)SCc1nc(=S)cc(C(C)C)[nH]1. The van der Waals surface area contributed by atoms with E-state index >= 15 is 0 Å². The van der Waals surface area contributed by atoms with E-state index in [4.69, 9.17) is 12.2 Å². The lowest BCUT2D eigenvalue weighted by Gasteiger charge is -2.10. The largest absolute Gasteiger partial charge is 0.346 e. The molecule has 0 spiro atoms. The van der Waals surface area contributed by atoms with E-state index in [1.165, 1.54) is 12.1 Å². The van der Waals surface area contributed by atoms with Crippen LogP contribution in [0.1, 0.15) is 51.6 Å². The van der Waals surface area contributed by atoms with Gasteiger partial charge in [0.1, 0.15) is 10.5 Å². The lowest BCUT2D eigenvalue weighted by atomic mass is 10.1. The second-order valence-electron chi connectivity index (χ2n) is 4.31. The molecule has 4 heteroatoms. The van der Waals surface area contributed by atoms with Gasteiger partial charge in [0.2, 0.25) is 0 Å². The molecule has 1 N–H and O–H groups in total. The van der Waals surface area contributed by atoms with Crippen LogP contribution in [0.2, 0.25) is 0 Å². The van der Waals surface area contributed by atoms with Crippen LogP contribution in [0.5, 0.6) is 0 Å². The summed E-state index contributed by atoms with van der Waals surface area (Å²) in [6, 6.07) is 1.96. The Morgan fingerprint density at radius 3 is 2.69 bits per heavy atom. The van der Waals surface area contributed by atoms with Crippen molar-refractivity contribution in [3.63, 3.8) is 0 Å². The molecule has 1 atom stereocenters. The fraction of sp³-hybridized carbons (Fsp3) is 0.667. The summed E-state index contributed by atoms with van der Waals surface area (Å²) in [6.45, 7) is 8.77. The van der Waals surface area contributed by atoms with Gasteiger partial charge >= 0.3 is 0 Å². The highest BCUT2D eigenvalue weighted by Crippen LogP contribution is 2.19. The number of aromatic nitrogens is 2. The van der Waals surface area contributed by atoms with E-state index in [0.717, 1.165) is 11.6 Å². The number of rotatable bonds is 5. The topological polar surface area (TPSA) is 28.7 Å². The first-order valence-electron chi connectivity index (χ1n) is 5.74. The van der Waals surface area contributed by atoms with E-state index in [-0.39, 0.29) is 0 Å². The average molecular weight is 256 g/mol. The molecule has 2 nitrogen and oxygen atoms in total. The first-order valence-corrected chi connectivity index (χ1v) is 7.20. The van der Waals surface area contributed by atoms with Gasteiger partial charge in [-0.3, -0.25) is 0 Å². The van der Waals surface area contributed by atoms with Gasteiger partial charge in [-0.25, -0.2) is 4.98 Å². The first kappa shape index (κ1) is 13.7. The molecule has 0 saturated carbocycles. The van der Waals surface area contributed by atoms with Crippen molar-refractivity contribution in [3.05, 3.63) is 22.2 Å².